The SMILES string of the molecule is CCNCCCN1CCc2cc(OC)c(OC)cc2CC1=O. The van der Waals surface area contributed by atoms with Crippen molar-refractivity contribution < 1.29 is 14.3 Å². The molecule has 0 spiro atoms. The molecule has 0 saturated heterocycles. The normalized spacial score (nSPS) is 14.5. The highest BCUT2D eigenvalue weighted by molar-refractivity contribution is 5.80. The Bertz CT molecular complexity index is 517. The van der Waals surface area contributed by atoms with Gasteiger partial charge in [0, 0.05) is 13.1 Å². The first kappa shape index (κ1) is 16.6. The van der Waals surface area contributed by atoms with Crippen molar-refractivity contribution in [1.29, 1.82) is 0 Å². The first-order chi connectivity index (χ1) is 10.7. The number of carbonyl (C=O) groups is 1. The Hall–Kier alpha value is -1.75. The maximum Gasteiger partial charge on any atom is 0.227 e. The highest BCUT2D eigenvalue weighted by atomic mass is 16.5. The summed E-state index contributed by atoms with van der Waals surface area (Å²) in [5.74, 6) is 1.62. The fourth-order valence-electron chi connectivity index (χ4n) is 2.82. The van der Waals surface area contributed by atoms with E-state index < -0.39 is 0 Å². The largest absolute Gasteiger partial charge is 0.493 e. The van der Waals surface area contributed by atoms with E-state index in [0.29, 0.717) is 12.2 Å². The highest BCUT2D eigenvalue weighted by Gasteiger charge is 2.22. The minimum Gasteiger partial charge on any atom is -0.493 e. The Morgan fingerprint density at radius 3 is 2.50 bits per heavy atom. The van der Waals surface area contributed by atoms with E-state index in [9.17, 15) is 4.79 Å². The van der Waals surface area contributed by atoms with E-state index >= 15 is 0 Å². The summed E-state index contributed by atoms with van der Waals surface area (Å²) in [4.78, 5) is 14.4. The van der Waals surface area contributed by atoms with Crippen LogP contribution >= 0.6 is 0 Å². The molecule has 0 unspecified atom stereocenters. The van der Waals surface area contributed by atoms with E-state index in [1.54, 1.807) is 14.2 Å². The van der Waals surface area contributed by atoms with Crippen LogP contribution in [0, 0.1) is 0 Å². The zero-order valence-electron chi connectivity index (χ0n) is 13.8. The van der Waals surface area contributed by atoms with Crippen molar-refractivity contribution in [3.05, 3.63) is 23.3 Å². The monoisotopic (exact) mass is 306 g/mol. The topological polar surface area (TPSA) is 50.8 Å². The molecular weight excluding hydrogens is 280 g/mol. The summed E-state index contributed by atoms with van der Waals surface area (Å²) < 4.78 is 10.7. The van der Waals surface area contributed by atoms with Gasteiger partial charge in [-0.15, -0.1) is 0 Å². The number of hydrogen-bond acceptors (Lipinski definition) is 4. The molecule has 1 heterocycles. The van der Waals surface area contributed by atoms with Crippen LogP contribution in [0.3, 0.4) is 0 Å². The van der Waals surface area contributed by atoms with Gasteiger partial charge in [-0.1, -0.05) is 6.92 Å². The van der Waals surface area contributed by atoms with E-state index in [1.807, 2.05) is 17.0 Å². The second-order valence-electron chi connectivity index (χ2n) is 5.49. The van der Waals surface area contributed by atoms with Crippen molar-refractivity contribution in [2.24, 2.45) is 0 Å². The Balaban J connectivity index is 2.07. The van der Waals surface area contributed by atoms with Gasteiger partial charge in [-0.2, -0.15) is 0 Å². The number of ether oxygens (including phenoxy) is 2. The van der Waals surface area contributed by atoms with Gasteiger partial charge in [0.05, 0.1) is 20.6 Å². The second kappa shape index (κ2) is 8.03. The average molecular weight is 306 g/mol. The van der Waals surface area contributed by atoms with Crippen LogP contribution in [0.25, 0.3) is 0 Å². The van der Waals surface area contributed by atoms with E-state index in [-0.39, 0.29) is 5.91 Å². The molecule has 0 atom stereocenters. The van der Waals surface area contributed by atoms with Crippen LogP contribution in [-0.2, 0) is 17.6 Å². The number of amides is 1. The van der Waals surface area contributed by atoms with Gasteiger partial charge in [-0.25, -0.2) is 0 Å². The molecular formula is C17H26N2O3. The number of nitrogens with one attached hydrogen (secondary N) is 1. The Labute approximate surface area is 132 Å². The van der Waals surface area contributed by atoms with Crippen molar-refractivity contribution in [1.82, 2.24) is 10.2 Å². The zero-order chi connectivity index (χ0) is 15.9. The summed E-state index contributed by atoms with van der Waals surface area (Å²) in [6, 6.07) is 3.94. The van der Waals surface area contributed by atoms with Crippen LogP contribution in [0.15, 0.2) is 12.1 Å². The molecule has 1 aliphatic rings. The summed E-state index contributed by atoms with van der Waals surface area (Å²) in [7, 11) is 3.26. The lowest BCUT2D eigenvalue weighted by atomic mass is 10.0. The van der Waals surface area contributed by atoms with E-state index in [4.69, 9.17) is 9.47 Å². The van der Waals surface area contributed by atoms with Gasteiger partial charge >= 0.3 is 0 Å². The molecule has 0 aromatic heterocycles. The summed E-state index contributed by atoms with van der Waals surface area (Å²) in [6.07, 6.45) is 2.29. The molecule has 122 valence electrons. The van der Waals surface area contributed by atoms with Gasteiger partial charge in [0.2, 0.25) is 5.91 Å². The number of methoxy groups -OCH3 is 2. The molecule has 5 nitrogen and oxygen atoms in total. The fourth-order valence-corrected chi connectivity index (χ4v) is 2.82. The van der Waals surface area contributed by atoms with Crippen LogP contribution in [-0.4, -0.2) is 51.2 Å². The molecule has 22 heavy (non-hydrogen) atoms. The van der Waals surface area contributed by atoms with Crippen molar-refractivity contribution in [2.75, 3.05) is 40.4 Å². The van der Waals surface area contributed by atoms with Crippen molar-refractivity contribution in [3.63, 3.8) is 0 Å². The Morgan fingerprint density at radius 1 is 1.18 bits per heavy atom. The van der Waals surface area contributed by atoms with Gasteiger partial charge in [0.1, 0.15) is 0 Å². The molecule has 0 saturated carbocycles. The lowest BCUT2D eigenvalue weighted by Gasteiger charge is -2.20. The summed E-state index contributed by atoms with van der Waals surface area (Å²) in [5, 5.41) is 3.29. The second-order valence-corrected chi connectivity index (χ2v) is 5.49. The van der Waals surface area contributed by atoms with E-state index in [0.717, 1.165) is 50.3 Å². The van der Waals surface area contributed by atoms with Gasteiger partial charge in [0.25, 0.3) is 0 Å². The molecule has 1 aliphatic heterocycles. The highest BCUT2D eigenvalue weighted by Crippen LogP contribution is 2.32. The van der Waals surface area contributed by atoms with Gasteiger partial charge in [-0.3, -0.25) is 4.79 Å². The first-order valence-corrected chi connectivity index (χ1v) is 7.91. The number of carbonyl (C=O) groups excluding carboxylic acids is 1. The van der Waals surface area contributed by atoms with Gasteiger partial charge in [0.15, 0.2) is 11.5 Å². The molecule has 5 heteroatoms. The Kier molecular flexibility index (Phi) is 6.07. The summed E-state index contributed by atoms with van der Waals surface area (Å²) in [5.41, 5.74) is 2.23. The molecule has 2 rings (SSSR count). The predicted molar refractivity (Wildman–Crippen MR) is 86.7 cm³/mol. The quantitative estimate of drug-likeness (QED) is 0.778. The standard InChI is InChI=1S/C17H26N2O3/c1-4-18-7-5-8-19-9-6-13-10-15(21-2)16(22-3)11-14(13)12-17(19)20/h10-11,18H,4-9,12H2,1-3H3. The average Bonchev–Trinajstić information content (AvgIpc) is 2.68. The third kappa shape index (κ3) is 3.91. The summed E-state index contributed by atoms with van der Waals surface area (Å²) in [6.45, 7) is 5.60. The first-order valence-electron chi connectivity index (χ1n) is 7.91. The minimum absolute atomic E-state index is 0.197. The fraction of sp³-hybridized carbons (Fsp3) is 0.588. The maximum absolute atomic E-state index is 12.4. The smallest absolute Gasteiger partial charge is 0.227 e. The van der Waals surface area contributed by atoms with Crippen LogP contribution in [0.4, 0.5) is 0 Å². The van der Waals surface area contributed by atoms with Crippen LogP contribution < -0.4 is 14.8 Å². The number of hydrogen-bond donors (Lipinski definition) is 1. The predicted octanol–water partition coefficient (Wildman–Crippen LogP) is 1.63. The molecule has 0 radical (unpaired) electrons. The number of benzene rings is 1. The van der Waals surface area contributed by atoms with Crippen LogP contribution in [0.1, 0.15) is 24.5 Å². The molecule has 0 fully saturated rings. The molecule has 1 N–H and O–H groups in total. The Morgan fingerprint density at radius 2 is 1.86 bits per heavy atom. The minimum atomic E-state index is 0.197. The zero-order valence-corrected chi connectivity index (χ0v) is 13.8. The van der Waals surface area contributed by atoms with Crippen LogP contribution in [0.5, 0.6) is 11.5 Å². The molecule has 0 aliphatic carbocycles. The van der Waals surface area contributed by atoms with E-state index in [2.05, 4.69) is 12.2 Å². The van der Waals surface area contributed by atoms with Crippen LogP contribution in [0.2, 0.25) is 0 Å². The lowest BCUT2D eigenvalue weighted by Crippen LogP contribution is -2.34. The molecule has 1 aromatic rings. The number of fused-ring (bicyclic) bond motifs is 1. The van der Waals surface area contributed by atoms with Crippen molar-refractivity contribution >= 4 is 5.91 Å². The third-order valence-corrected chi connectivity index (χ3v) is 4.08. The third-order valence-electron chi connectivity index (χ3n) is 4.08. The van der Waals surface area contributed by atoms with Crippen molar-refractivity contribution in [3.8, 4) is 11.5 Å². The van der Waals surface area contributed by atoms with E-state index in [1.165, 1.54) is 5.56 Å². The van der Waals surface area contributed by atoms with Gasteiger partial charge < -0.3 is 19.7 Å². The molecule has 1 aromatic carbocycles. The molecule has 1 amide bonds. The number of nitrogens with zero attached hydrogens (tertiary/aromatic N) is 1. The van der Waals surface area contributed by atoms with Gasteiger partial charge in [-0.05, 0) is 49.2 Å². The maximum atomic E-state index is 12.4. The lowest BCUT2D eigenvalue weighted by molar-refractivity contribution is -0.130. The van der Waals surface area contributed by atoms with Crippen molar-refractivity contribution in [2.45, 2.75) is 26.2 Å². The molecule has 0 bridgehead atoms. The number of rotatable bonds is 7. The summed E-state index contributed by atoms with van der Waals surface area (Å²) >= 11 is 0.